The molecule has 106 valence electrons. The van der Waals surface area contributed by atoms with Crippen molar-refractivity contribution in [3.05, 3.63) is 24.4 Å². The summed E-state index contributed by atoms with van der Waals surface area (Å²) in [6.07, 6.45) is 1.52. The average molecular weight is 276 g/mol. The number of ether oxygens (including phenoxy) is 1. The lowest BCUT2D eigenvalue weighted by atomic mass is 9.78. The smallest absolute Gasteiger partial charge is 0.442 e. The molecule has 2 aromatic rings. The number of hydrogen-bond acceptors (Lipinski definition) is 5. The lowest BCUT2D eigenvalue weighted by Crippen LogP contribution is -2.30. The van der Waals surface area contributed by atoms with Crippen LogP contribution in [-0.2, 0) is 16.3 Å². The number of esters is 1. The molecule has 0 saturated heterocycles. The van der Waals surface area contributed by atoms with Crippen LogP contribution in [0.1, 0.15) is 20.8 Å². The van der Waals surface area contributed by atoms with E-state index in [0.717, 1.165) is 0 Å². The van der Waals surface area contributed by atoms with Gasteiger partial charge in [-0.3, -0.25) is 4.79 Å². The van der Waals surface area contributed by atoms with Crippen LogP contribution in [0.25, 0.3) is 10.9 Å². The van der Waals surface area contributed by atoms with Crippen LogP contribution in [0.2, 0.25) is 0 Å². The van der Waals surface area contributed by atoms with Crippen LogP contribution >= 0.6 is 0 Å². The monoisotopic (exact) mass is 276 g/mol. The predicted molar refractivity (Wildman–Crippen MR) is 75.1 cm³/mol. The lowest BCUT2D eigenvalue weighted by molar-refractivity contribution is -0.157. The number of carbonyl (C=O) groups is 1. The average Bonchev–Trinajstić information content (AvgIpc) is 2.77. The summed E-state index contributed by atoms with van der Waals surface area (Å²) in [5, 5.41) is 23.3. The molecule has 7 heteroatoms. The summed E-state index contributed by atoms with van der Waals surface area (Å²) < 4.78 is 6.70. The molecule has 0 unspecified atom stereocenters. The van der Waals surface area contributed by atoms with Gasteiger partial charge in [-0.1, -0.05) is 12.1 Å². The maximum absolute atomic E-state index is 11.7. The Kier molecular flexibility index (Phi) is 3.83. The number of carbonyl (C=O) groups excluding carboxylic acids is 1. The molecule has 0 aliphatic carbocycles. The van der Waals surface area contributed by atoms with Gasteiger partial charge in [0.15, 0.2) is 6.73 Å². The van der Waals surface area contributed by atoms with Crippen molar-refractivity contribution in [2.45, 2.75) is 27.5 Å². The molecule has 20 heavy (non-hydrogen) atoms. The fraction of sp³-hybridized carbons (Fsp3) is 0.385. The largest absolute Gasteiger partial charge is 0.489 e. The summed E-state index contributed by atoms with van der Waals surface area (Å²) in [5.74, 6) is -0.320. The van der Waals surface area contributed by atoms with E-state index in [0.29, 0.717) is 16.4 Å². The fourth-order valence-corrected chi connectivity index (χ4v) is 1.79. The van der Waals surface area contributed by atoms with E-state index in [4.69, 9.17) is 4.74 Å². The van der Waals surface area contributed by atoms with Crippen LogP contribution in [0.15, 0.2) is 24.4 Å². The Labute approximate surface area is 117 Å². The summed E-state index contributed by atoms with van der Waals surface area (Å²) >= 11 is 0. The lowest BCUT2D eigenvalue weighted by Gasteiger charge is -2.16. The molecule has 0 radical (unpaired) electrons. The predicted octanol–water partition coefficient (Wildman–Crippen LogP) is 0.263. The number of fused-ring (bicyclic) bond motifs is 1. The van der Waals surface area contributed by atoms with Crippen molar-refractivity contribution < 1.29 is 19.6 Å². The summed E-state index contributed by atoms with van der Waals surface area (Å²) in [6, 6.07) is 5.08. The van der Waals surface area contributed by atoms with Crippen molar-refractivity contribution in [3.63, 3.8) is 0 Å². The molecule has 1 aromatic heterocycles. The summed E-state index contributed by atoms with van der Waals surface area (Å²) in [6.45, 7) is 5.31. The second kappa shape index (κ2) is 5.26. The SMILES string of the molecule is CC(C)(C)C(=O)OCn1ncc2c(B(O)O)cccc21. The first-order valence-corrected chi connectivity index (χ1v) is 6.28. The third-order valence-corrected chi connectivity index (χ3v) is 2.93. The van der Waals surface area contributed by atoms with Gasteiger partial charge in [-0.15, -0.1) is 0 Å². The number of hydrogen-bond donors (Lipinski definition) is 2. The van der Waals surface area contributed by atoms with Gasteiger partial charge < -0.3 is 14.8 Å². The van der Waals surface area contributed by atoms with Crippen molar-refractivity contribution in [1.29, 1.82) is 0 Å². The first-order chi connectivity index (χ1) is 9.30. The van der Waals surface area contributed by atoms with Gasteiger partial charge in [0.25, 0.3) is 0 Å². The summed E-state index contributed by atoms with van der Waals surface area (Å²) in [5.41, 5.74) is 0.475. The Morgan fingerprint density at radius 2 is 2.10 bits per heavy atom. The molecule has 1 aromatic carbocycles. The summed E-state index contributed by atoms with van der Waals surface area (Å²) in [7, 11) is -1.56. The second-order valence-electron chi connectivity index (χ2n) is 5.61. The minimum atomic E-state index is -1.56. The van der Waals surface area contributed by atoms with E-state index >= 15 is 0 Å². The van der Waals surface area contributed by atoms with Crippen LogP contribution < -0.4 is 5.46 Å². The first-order valence-electron chi connectivity index (χ1n) is 6.28. The van der Waals surface area contributed by atoms with Gasteiger partial charge in [-0.2, -0.15) is 5.10 Å². The molecular formula is C13H17BN2O4. The molecule has 0 saturated carbocycles. The van der Waals surface area contributed by atoms with Crippen LogP contribution in [0.4, 0.5) is 0 Å². The zero-order chi connectivity index (χ0) is 14.9. The Balaban J connectivity index is 2.25. The first kappa shape index (κ1) is 14.6. The number of rotatable bonds is 3. The van der Waals surface area contributed by atoms with Gasteiger partial charge in [-0.25, -0.2) is 4.68 Å². The van der Waals surface area contributed by atoms with Gasteiger partial charge in [0, 0.05) is 5.39 Å². The molecule has 0 fully saturated rings. The maximum atomic E-state index is 11.7. The van der Waals surface area contributed by atoms with Gasteiger partial charge in [0.05, 0.1) is 17.1 Å². The van der Waals surface area contributed by atoms with Crippen molar-refractivity contribution in [2.75, 3.05) is 0 Å². The maximum Gasteiger partial charge on any atom is 0.489 e. The van der Waals surface area contributed by atoms with Crippen LogP contribution in [0.5, 0.6) is 0 Å². The molecule has 2 rings (SSSR count). The molecule has 2 N–H and O–H groups in total. The molecule has 1 heterocycles. The number of nitrogens with zero attached hydrogens (tertiary/aromatic N) is 2. The van der Waals surface area contributed by atoms with Gasteiger partial charge >= 0.3 is 13.1 Å². The van der Waals surface area contributed by atoms with E-state index in [2.05, 4.69) is 5.10 Å². The van der Waals surface area contributed by atoms with Crippen molar-refractivity contribution >= 4 is 29.5 Å². The zero-order valence-electron chi connectivity index (χ0n) is 11.7. The van der Waals surface area contributed by atoms with E-state index in [1.807, 2.05) is 0 Å². The Morgan fingerprint density at radius 3 is 2.70 bits per heavy atom. The summed E-state index contributed by atoms with van der Waals surface area (Å²) in [4.78, 5) is 11.7. The minimum absolute atomic E-state index is 0.00934. The van der Waals surface area contributed by atoms with Crippen LogP contribution in [-0.4, -0.2) is 32.9 Å². The van der Waals surface area contributed by atoms with E-state index in [1.165, 1.54) is 10.9 Å². The van der Waals surface area contributed by atoms with Gasteiger partial charge in [0.1, 0.15) is 0 Å². The highest BCUT2D eigenvalue weighted by atomic mass is 16.5. The van der Waals surface area contributed by atoms with E-state index in [9.17, 15) is 14.8 Å². The molecule has 6 nitrogen and oxygen atoms in total. The van der Waals surface area contributed by atoms with Crippen LogP contribution in [0.3, 0.4) is 0 Å². The standard InChI is InChI=1S/C13H17BN2O4/c1-13(2,3)12(17)20-8-16-11-6-4-5-10(14(18)19)9(11)7-15-16/h4-7,18-19H,8H2,1-3H3. The second-order valence-corrected chi connectivity index (χ2v) is 5.61. The topological polar surface area (TPSA) is 84.6 Å². The fourth-order valence-electron chi connectivity index (χ4n) is 1.79. The molecular weight excluding hydrogens is 259 g/mol. The molecule has 0 aliphatic rings. The van der Waals surface area contributed by atoms with E-state index in [-0.39, 0.29) is 12.7 Å². The number of aromatic nitrogens is 2. The third-order valence-electron chi connectivity index (χ3n) is 2.93. The quantitative estimate of drug-likeness (QED) is 0.620. The highest BCUT2D eigenvalue weighted by Crippen LogP contribution is 2.17. The molecule has 0 spiro atoms. The molecule has 0 amide bonds. The third kappa shape index (κ3) is 2.83. The number of benzene rings is 1. The zero-order valence-corrected chi connectivity index (χ0v) is 11.7. The van der Waals surface area contributed by atoms with E-state index in [1.54, 1.807) is 39.0 Å². The van der Waals surface area contributed by atoms with Crippen molar-refractivity contribution in [2.24, 2.45) is 5.41 Å². The molecule has 0 aliphatic heterocycles. The minimum Gasteiger partial charge on any atom is -0.442 e. The van der Waals surface area contributed by atoms with Gasteiger partial charge in [-0.05, 0) is 32.3 Å². The Bertz CT molecular complexity index is 631. The van der Waals surface area contributed by atoms with Crippen molar-refractivity contribution in [3.8, 4) is 0 Å². The Hall–Kier alpha value is -1.86. The highest BCUT2D eigenvalue weighted by molar-refractivity contribution is 6.61. The Morgan fingerprint density at radius 1 is 1.40 bits per heavy atom. The van der Waals surface area contributed by atoms with Crippen molar-refractivity contribution in [1.82, 2.24) is 9.78 Å². The molecule has 0 bridgehead atoms. The van der Waals surface area contributed by atoms with E-state index < -0.39 is 12.5 Å². The highest BCUT2D eigenvalue weighted by Gasteiger charge is 2.23. The van der Waals surface area contributed by atoms with Gasteiger partial charge in [0.2, 0.25) is 0 Å². The normalized spacial score (nSPS) is 11.7. The molecule has 0 atom stereocenters. The van der Waals surface area contributed by atoms with Crippen LogP contribution in [0, 0.1) is 5.41 Å².